The van der Waals surface area contributed by atoms with E-state index in [0.717, 1.165) is 98.4 Å². The van der Waals surface area contributed by atoms with Crippen molar-refractivity contribution in [3.63, 3.8) is 0 Å². The fourth-order valence-electron chi connectivity index (χ4n) is 7.25. The topological polar surface area (TPSA) is 177 Å². The van der Waals surface area contributed by atoms with Crippen molar-refractivity contribution in [2.24, 2.45) is 22.9 Å². The van der Waals surface area contributed by atoms with Crippen LogP contribution in [0.2, 0.25) is 10.2 Å². The van der Waals surface area contributed by atoms with Gasteiger partial charge in [-0.2, -0.15) is 5.10 Å². The van der Waals surface area contributed by atoms with E-state index in [9.17, 15) is 24.0 Å². The van der Waals surface area contributed by atoms with E-state index in [1.807, 2.05) is 13.0 Å². The predicted octanol–water partition coefficient (Wildman–Crippen LogP) is 11.0. The number of amides is 3. The summed E-state index contributed by atoms with van der Waals surface area (Å²) in [4.78, 5) is 65.7. The van der Waals surface area contributed by atoms with E-state index in [1.165, 1.54) is 29.8 Å². The number of rotatable bonds is 29. The van der Waals surface area contributed by atoms with E-state index in [-0.39, 0.29) is 33.8 Å². The molecule has 0 fully saturated rings. The molecule has 5 unspecified atom stereocenters. The number of benzene rings is 3. The van der Waals surface area contributed by atoms with Crippen molar-refractivity contribution < 1.29 is 48.9 Å². The predicted molar refractivity (Wildman–Crippen MR) is 245 cm³/mol. The molecule has 3 rings (SSSR count). The SMILES string of the molecule is CCCCC(CC)CN(CC(CC)CCCC)C(=O)[CH](CCC(CC)c1ccccc1)[Co][CH2]C(C)C(=O)Nc1cccc(NC(=O)c2ccc(NN=C(C(=O)O)C(=O)O)cc2)c1. The number of carboxylic acid groups (broad SMARTS) is 2. The first-order valence-electron chi connectivity index (χ1n) is 22.3. The zero-order valence-corrected chi connectivity index (χ0v) is 38.5. The van der Waals surface area contributed by atoms with Crippen molar-refractivity contribution in [3.05, 3.63) is 90.0 Å². The first-order valence-corrected chi connectivity index (χ1v) is 23.7. The van der Waals surface area contributed by atoms with E-state index in [4.69, 9.17) is 10.2 Å². The molecular weight excluding hydrogens is 829 g/mol. The van der Waals surface area contributed by atoms with Crippen molar-refractivity contribution in [1.82, 2.24) is 4.90 Å². The molecule has 0 saturated carbocycles. The maximum absolute atomic E-state index is 14.9. The number of nitrogens with zero attached hydrogens (tertiary/aromatic N) is 2. The Morgan fingerprint density at radius 2 is 1.26 bits per heavy atom. The van der Waals surface area contributed by atoms with Crippen LogP contribution >= 0.6 is 0 Å². The van der Waals surface area contributed by atoms with E-state index in [0.29, 0.717) is 34.5 Å². The summed E-state index contributed by atoms with van der Waals surface area (Å²) in [5.74, 6) is -2.88. The van der Waals surface area contributed by atoms with Crippen LogP contribution in [0.3, 0.4) is 0 Å². The van der Waals surface area contributed by atoms with Crippen LogP contribution in [0.15, 0.2) is 84.0 Å². The van der Waals surface area contributed by atoms with E-state index in [2.05, 4.69) is 84.9 Å². The second-order valence-electron chi connectivity index (χ2n) is 16.1. The third kappa shape index (κ3) is 17.4. The third-order valence-electron chi connectivity index (χ3n) is 11.3. The van der Waals surface area contributed by atoms with Crippen LogP contribution in [-0.4, -0.2) is 63.6 Å². The Balaban J connectivity index is 1.74. The van der Waals surface area contributed by atoms with Gasteiger partial charge in [0.15, 0.2) is 0 Å². The van der Waals surface area contributed by atoms with Gasteiger partial charge in [-0.05, 0) is 0 Å². The number of hydrazone groups is 1. The van der Waals surface area contributed by atoms with Crippen molar-refractivity contribution in [2.45, 2.75) is 128 Å². The van der Waals surface area contributed by atoms with Crippen LogP contribution in [0.1, 0.15) is 134 Å². The third-order valence-corrected chi connectivity index (χ3v) is 13.2. The Morgan fingerprint density at radius 1 is 0.677 bits per heavy atom. The number of anilines is 3. The van der Waals surface area contributed by atoms with Crippen LogP contribution in [0, 0.1) is 17.8 Å². The summed E-state index contributed by atoms with van der Waals surface area (Å²) in [7, 11) is 0. The second kappa shape index (κ2) is 27.8. The van der Waals surface area contributed by atoms with Gasteiger partial charge >= 0.3 is 335 Å². The van der Waals surface area contributed by atoms with Gasteiger partial charge in [0.05, 0.1) is 5.69 Å². The summed E-state index contributed by atoms with van der Waals surface area (Å²) in [5, 5.41) is 27.7. The van der Waals surface area contributed by atoms with Gasteiger partial charge in [0.25, 0.3) is 5.71 Å². The summed E-state index contributed by atoms with van der Waals surface area (Å²) < 4.78 is 0. The molecule has 12 nitrogen and oxygen atoms in total. The molecule has 0 saturated heterocycles. The molecule has 0 aliphatic rings. The summed E-state index contributed by atoms with van der Waals surface area (Å²) in [6.07, 6.45) is 11.6. The number of nitrogens with one attached hydrogen (secondary N) is 3. The number of aliphatic carboxylic acids is 2. The molecule has 3 aromatic rings. The zero-order valence-electron chi connectivity index (χ0n) is 37.5. The van der Waals surface area contributed by atoms with Crippen molar-refractivity contribution >= 4 is 52.4 Å². The quantitative estimate of drug-likeness (QED) is 0.0260. The number of hydrogen-bond acceptors (Lipinski definition) is 7. The molecule has 3 aromatic carbocycles. The number of carbonyl (C=O) groups is 5. The van der Waals surface area contributed by atoms with Gasteiger partial charge in [0.2, 0.25) is 0 Å². The molecular formula is C49H69CoN5O7. The average molecular weight is 899 g/mol. The molecule has 0 radical (unpaired) electrons. The van der Waals surface area contributed by atoms with Crippen molar-refractivity contribution in [2.75, 3.05) is 29.1 Å². The van der Waals surface area contributed by atoms with Crippen LogP contribution < -0.4 is 16.1 Å². The maximum atomic E-state index is 14.9. The fourth-order valence-corrected chi connectivity index (χ4v) is 8.86. The van der Waals surface area contributed by atoms with Gasteiger partial charge in [-0.15, -0.1) is 0 Å². The van der Waals surface area contributed by atoms with Gasteiger partial charge in [-0.25, -0.2) is 9.59 Å². The molecule has 341 valence electrons. The fraction of sp³-hybridized carbons (Fsp3) is 0.510. The average Bonchev–Trinajstić information content (AvgIpc) is 3.27. The van der Waals surface area contributed by atoms with Crippen LogP contribution in [-0.2, 0) is 33.9 Å². The van der Waals surface area contributed by atoms with Crippen LogP contribution in [0.5, 0.6) is 0 Å². The molecule has 0 spiro atoms. The van der Waals surface area contributed by atoms with Gasteiger partial charge in [-0.3, -0.25) is 5.43 Å². The molecule has 3 amide bonds. The zero-order chi connectivity index (χ0) is 45.4. The number of carboxylic acids is 2. The van der Waals surface area contributed by atoms with Gasteiger partial charge in [0.1, 0.15) is 0 Å². The minimum atomic E-state index is -1.69. The number of hydrogen-bond donors (Lipinski definition) is 5. The van der Waals surface area contributed by atoms with Crippen molar-refractivity contribution in [3.8, 4) is 0 Å². The molecule has 13 heteroatoms. The summed E-state index contributed by atoms with van der Waals surface area (Å²) >= 11 is 0.985. The van der Waals surface area contributed by atoms with Gasteiger partial charge in [-0.1, -0.05) is 0 Å². The molecule has 0 aliphatic heterocycles. The molecule has 0 aromatic heterocycles. The van der Waals surface area contributed by atoms with Crippen LogP contribution in [0.4, 0.5) is 17.1 Å². The van der Waals surface area contributed by atoms with E-state index in [1.54, 1.807) is 24.3 Å². The Hall–Kier alpha value is -5.01. The Bertz CT molecular complexity index is 1860. The summed E-state index contributed by atoms with van der Waals surface area (Å²) in [6, 6.07) is 23.3. The van der Waals surface area contributed by atoms with Crippen molar-refractivity contribution in [1.29, 1.82) is 0 Å². The first-order chi connectivity index (χ1) is 29.8. The first kappa shape index (κ1) is 51.3. The molecule has 0 aliphatic carbocycles. The molecule has 0 bridgehead atoms. The van der Waals surface area contributed by atoms with E-state index >= 15 is 0 Å². The monoisotopic (exact) mass is 898 g/mol. The summed E-state index contributed by atoms with van der Waals surface area (Å²) in [5.41, 5.74) is 4.13. The normalized spacial score (nSPS) is 13.5. The Morgan fingerprint density at radius 3 is 1.79 bits per heavy atom. The van der Waals surface area contributed by atoms with Gasteiger partial charge < -0.3 is 10.2 Å². The van der Waals surface area contributed by atoms with Crippen LogP contribution in [0.25, 0.3) is 0 Å². The molecule has 0 heterocycles. The molecule has 62 heavy (non-hydrogen) atoms. The van der Waals surface area contributed by atoms with Gasteiger partial charge in [0, 0.05) is 0 Å². The Kier molecular flexibility index (Phi) is 23.0. The number of carbonyl (C=O) groups excluding carboxylic acids is 3. The minimum absolute atomic E-state index is 0.172. The Labute approximate surface area is 375 Å². The molecule has 5 atom stereocenters. The molecule has 5 N–H and O–H groups in total. The standard InChI is InChI=1S/C29H50NO.C20H19N4O6.Co/c1-6-11-17-25(8-3)23-30(24-26(9-4)18-12-7-2)29(31)22-16-21-27(10-5)28-19-14-13-15-20-28;1-11(2)17(25)21-14-4-3-5-15(10-14)22-18(26)12-6-8-13(9-7-12)23-24-16(19(27)28)20(29)30;/h13-15,19-20,22,25-27H,6-12,16-18,21,23-24H2,1-5H3;3-11,23H,1H2,2H3,(H,21,25)(H,22,26)(H,27,28)(H,29,30);. The van der Waals surface area contributed by atoms with E-state index < -0.39 is 23.6 Å². The second-order valence-corrected chi connectivity index (χ2v) is 17.6. The number of unbranched alkanes of at least 4 members (excludes halogenated alkanes) is 2. The summed E-state index contributed by atoms with van der Waals surface area (Å²) in [6.45, 7) is 14.6.